The predicted octanol–water partition coefficient (Wildman–Crippen LogP) is 4.36. The summed E-state index contributed by atoms with van der Waals surface area (Å²) < 4.78 is 1.92. The zero-order valence-electron chi connectivity index (χ0n) is 17.6. The second kappa shape index (κ2) is 8.92. The molecule has 0 spiro atoms. The van der Waals surface area contributed by atoms with E-state index in [1.54, 1.807) is 0 Å². The highest BCUT2D eigenvalue weighted by Crippen LogP contribution is 2.38. The van der Waals surface area contributed by atoms with Gasteiger partial charge in [-0.05, 0) is 35.6 Å². The van der Waals surface area contributed by atoms with Crippen LogP contribution in [0.4, 0.5) is 5.69 Å². The quantitative estimate of drug-likeness (QED) is 0.619. The maximum Gasteiger partial charge on any atom is 0.240 e. The Bertz CT molecular complexity index is 1030. The van der Waals surface area contributed by atoms with Gasteiger partial charge in [0.15, 0.2) is 5.82 Å². The van der Waals surface area contributed by atoms with Crippen molar-refractivity contribution < 1.29 is 4.79 Å². The largest absolute Gasteiger partial charge is 0.325 e. The molecule has 7 heteroatoms. The molecule has 0 saturated heterocycles. The summed E-state index contributed by atoms with van der Waals surface area (Å²) in [5.74, 6) is 0.827. The van der Waals surface area contributed by atoms with Gasteiger partial charge in [-0.2, -0.15) is 0 Å². The first-order valence-electron chi connectivity index (χ1n) is 10.5. The normalized spacial score (nSPS) is 17.8. The molecular weight excluding hydrogens is 394 g/mol. The van der Waals surface area contributed by atoms with Gasteiger partial charge in [-0.3, -0.25) is 4.79 Å². The lowest BCUT2D eigenvalue weighted by Crippen LogP contribution is -2.41. The Hall–Kier alpha value is -2.80. The molecule has 30 heavy (non-hydrogen) atoms. The first kappa shape index (κ1) is 20.5. The van der Waals surface area contributed by atoms with Gasteiger partial charge < -0.3 is 10.7 Å². The molecule has 1 amide bonds. The molecule has 2 heterocycles. The van der Waals surface area contributed by atoms with Crippen LogP contribution in [0.25, 0.3) is 0 Å². The van der Waals surface area contributed by atoms with E-state index in [0.29, 0.717) is 0 Å². The fourth-order valence-electron chi connectivity index (χ4n) is 3.69. The Balaban J connectivity index is 1.67. The Morgan fingerprint density at radius 2 is 1.80 bits per heavy atom. The molecule has 0 unspecified atom stereocenters. The van der Waals surface area contributed by atoms with Crippen molar-refractivity contribution in [2.45, 2.75) is 56.5 Å². The van der Waals surface area contributed by atoms with Crippen molar-refractivity contribution in [1.29, 1.82) is 0 Å². The monoisotopic (exact) mass is 421 g/mol. The molecule has 1 aliphatic heterocycles. The lowest BCUT2D eigenvalue weighted by atomic mass is 10.0. The molecule has 0 radical (unpaired) electrons. The van der Waals surface area contributed by atoms with E-state index in [2.05, 4.69) is 66.0 Å². The van der Waals surface area contributed by atoms with Crippen LogP contribution in [0.2, 0.25) is 0 Å². The van der Waals surface area contributed by atoms with E-state index in [1.165, 1.54) is 17.3 Å². The topological polar surface area (TPSA) is 71.8 Å². The van der Waals surface area contributed by atoms with Crippen LogP contribution in [0.1, 0.15) is 49.3 Å². The molecule has 0 bridgehead atoms. The lowest BCUT2D eigenvalue weighted by Gasteiger charge is -2.33. The molecule has 2 N–H and O–H groups in total. The van der Waals surface area contributed by atoms with Crippen molar-refractivity contribution in [3.63, 3.8) is 0 Å². The van der Waals surface area contributed by atoms with Crippen molar-refractivity contribution in [2.24, 2.45) is 0 Å². The third-order valence-corrected chi connectivity index (χ3v) is 6.70. The average Bonchev–Trinajstić information content (AvgIpc) is 3.20. The number of carbonyl (C=O) groups is 1. The summed E-state index contributed by atoms with van der Waals surface area (Å²) in [7, 11) is 0. The minimum atomic E-state index is -0.371. The highest BCUT2D eigenvalue weighted by Gasteiger charge is 2.37. The molecule has 4 rings (SSSR count). The van der Waals surface area contributed by atoms with Gasteiger partial charge in [0.25, 0.3) is 0 Å². The number of hydrogen-bond donors (Lipinski definition) is 2. The molecule has 2 aromatic carbocycles. The SMILES string of the molecule is CCc1ccc([C@@H]2Nn3c(CC)nnc3S[C@@H]2C(=O)Nc2ccccc2CC)cc1. The minimum Gasteiger partial charge on any atom is -0.325 e. The van der Waals surface area contributed by atoms with Gasteiger partial charge in [-0.15, -0.1) is 10.2 Å². The summed E-state index contributed by atoms with van der Waals surface area (Å²) in [6.45, 7) is 6.28. The number of benzene rings is 2. The summed E-state index contributed by atoms with van der Waals surface area (Å²) in [6.07, 6.45) is 2.62. The van der Waals surface area contributed by atoms with Gasteiger partial charge >= 0.3 is 0 Å². The van der Waals surface area contributed by atoms with Crippen LogP contribution in [-0.2, 0) is 24.1 Å². The summed E-state index contributed by atoms with van der Waals surface area (Å²) in [5.41, 5.74) is 7.85. The molecule has 1 aliphatic rings. The third kappa shape index (κ3) is 3.94. The third-order valence-electron chi connectivity index (χ3n) is 5.48. The number of nitrogens with one attached hydrogen (secondary N) is 2. The number of aryl methyl sites for hydroxylation is 3. The van der Waals surface area contributed by atoms with Crippen molar-refractivity contribution in [3.05, 3.63) is 71.0 Å². The van der Waals surface area contributed by atoms with Crippen LogP contribution in [0.15, 0.2) is 53.7 Å². The summed E-state index contributed by atoms with van der Waals surface area (Å²) in [5, 5.41) is 12.1. The van der Waals surface area contributed by atoms with E-state index in [4.69, 9.17) is 0 Å². The zero-order chi connectivity index (χ0) is 21.1. The lowest BCUT2D eigenvalue weighted by molar-refractivity contribution is -0.116. The van der Waals surface area contributed by atoms with Gasteiger partial charge in [-0.1, -0.05) is 75.0 Å². The van der Waals surface area contributed by atoms with E-state index in [-0.39, 0.29) is 17.2 Å². The number of para-hydroxylation sites is 1. The van der Waals surface area contributed by atoms with Gasteiger partial charge in [0, 0.05) is 12.1 Å². The second-order valence-corrected chi connectivity index (χ2v) is 8.44. The molecule has 2 atom stereocenters. The smallest absolute Gasteiger partial charge is 0.240 e. The first-order valence-corrected chi connectivity index (χ1v) is 11.4. The van der Waals surface area contributed by atoms with Crippen LogP contribution in [-0.4, -0.2) is 26.0 Å². The minimum absolute atomic E-state index is 0.0368. The van der Waals surface area contributed by atoms with Crippen molar-refractivity contribution in [2.75, 3.05) is 10.7 Å². The van der Waals surface area contributed by atoms with Gasteiger partial charge in [0.05, 0.1) is 6.04 Å². The number of rotatable bonds is 6. The number of anilines is 1. The summed E-state index contributed by atoms with van der Waals surface area (Å²) >= 11 is 1.46. The fourth-order valence-corrected chi connectivity index (χ4v) is 4.79. The molecule has 0 fully saturated rings. The van der Waals surface area contributed by atoms with Crippen molar-refractivity contribution >= 4 is 23.4 Å². The number of carbonyl (C=O) groups excluding carboxylic acids is 1. The van der Waals surface area contributed by atoms with Crippen molar-refractivity contribution in [1.82, 2.24) is 14.9 Å². The molecular formula is C23H27N5OS. The maximum atomic E-state index is 13.4. The van der Waals surface area contributed by atoms with Crippen LogP contribution in [0, 0.1) is 0 Å². The Labute approximate surface area is 181 Å². The number of fused-ring (bicyclic) bond motifs is 1. The van der Waals surface area contributed by atoms with Crippen LogP contribution >= 0.6 is 11.8 Å². The van der Waals surface area contributed by atoms with Gasteiger partial charge in [0.1, 0.15) is 5.25 Å². The van der Waals surface area contributed by atoms with E-state index >= 15 is 0 Å². The maximum absolute atomic E-state index is 13.4. The molecule has 1 aromatic heterocycles. The van der Waals surface area contributed by atoms with E-state index in [9.17, 15) is 4.79 Å². The number of thioether (sulfide) groups is 1. The summed E-state index contributed by atoms with van der Waals surface area (Å²) in [6, 6.07) is 16.2. The van der Waals surface area contributed by atoms with E-state index < -0.39 is 0 Å². The number of hydrogen-bond acceptors (Lipinski definition) is 5. The van der Waals surface area contributed by atoms with E-state index in [0.717, 1.165) is 47.1 Å². The van der Waals surface area contributed by atoms with Crippen LogP contribution in [0.3, 0.4) is 0 Å². The molecule has 3 aromatic rings. The average molecular weight is 422 g/mol. The van der Waals surface area contributed by atoms with Crippen LogP contribution in [0.5, 0.6) is 0 Å². The second-order valence-electron chi connectivity index (χ2n) is 7.33. The van der Waals surface area contributed by atoms with Crippen LogP contribution < -0.4 is 10.7 Å². The highest BCUT2D eigenvalue weighted by atomic mass is 32.2. The first-order chi connectivity index (χ1) is 14.6. The van der Waals surface area contributed by atoms with E-state index in [1.807, 2.05) is 28.9 Å². The Morgan fingerprint density at radius 1 is 1.03 bits per heavy atom. The standard InChI is InChI=1S/C23H27N5OS/c1-4-15-11-13-17(14-12-15)20-21(30-23-26-25-19(6-3)28(23)27-20)22(29)24-18-10-8-7-9-16(18)5-2/h7-14,20-21,27H,4-6H2,1-3H3,(H,24,29)/t20-,21-/m0/s1. The summed E-state index contributed by atoms with van der Waals surface area (Å²) in [4.78, 5) is 13.4. The number of amides is 1. The zero-order valence-corrected chi connectivity index (χ0v) is 18.4. The molecule has 156 valence electrons. The number of nitrogens with zero attached hydrogens (tertiary/aromatic N) is 3. The fraction of sp³-hybridized carbons (Fsp3) is 0.348. The molecule has 6 nitrogen and oxygen atoms in total. The highest BCUT2D eigenvalue weighted by molar-refractivity contribution is 8.00. The van der Waals surface area contributed by atoms with Gasteiger partial charge in [0.2, 0.25) is 11.1 Å². The molecule has 0 saturated carbocycles. The molecule has 0 aliphatic carbocycles. The number of aromatic nitrogens is 3. The van der Waals surface area contributed by atoms with Crippen molar-refractivity contribution in [3.8, 4) is 0 Å². The van der Waals surface area contributed by atoms with Gasteiger partial charge in [-0.25, -0.2) is 4.68 Å². The Morgan fingerprint density at radius 3 is 2.50 bits per heavy atom. The Kier molecular flexibility index (Phi) is 6.08. The predicted molar refractivity (Wildman–Crippen MR) is 121 cm³/mol.